The third kappa shape index (κ3) is 5.50. The highest BCUT2D eigenvalue weighted by Gasteiger charge is 2.10. The van der Waals surface area contributed by atoms with Crippen LogP contribution in [0, 0.1) is 0 Å². The fraction of sp³-hybridized carbons (Fsp3) is 0.333. The highest BCUT2D eigenvalue weighted by Crippen LogP contribution is 2.24. The van der Waals surface area contributed by atoms with Crippen molar-refractivity contribution >= 4 is 45.7 Å². The molecule has 128 valence electrons. The zero-order valence-corrected chi connectivity index (χ0v) is 15.1. The summed E-state index contributed by atoms with van der Waals surface area (Å²) in [7, 11) is 1.76. The van der Waals surface area contributed by atoms with Gasteiger partial charge in [0.1, 0.15) is 0 Å². The minimum Gasteiger partial charge on any atom is -0.363 e. The lowest BCUT2D eigenvalue weighted by Gasteiger charge is -2.10. The van der Waals surface area contributed by atoms with Crippen LogP contribution in [0.4, 0.5) is 10.8 Å². The molecule has 0 spiro atoms. The molecule has 2 amide bonds. The summed E-state index contributed by atoms with van der Waals surface area (Å²) in [6, 6.07) is 7.61. The van der Waals surface area contributed by atoms with Gasteiger partial charge in [0.2, 0.25) is 16.9 Å². The van der Waals surface area contributed by atoms with Crippen molar-refractivity contribution < 1.29 is 9.59 Å². The van der Waals surface area contributed by atoms with Crippen molar-refractivity contribution in [2.75, 3.05) is 30.0 Å². The summed E-state index contributed by atoms with van der Waals surface area (Å²) in [5.41, 5.74) is 1.84. The molecule has 0 aliphatic carbocycles. The van der Waals surface area contributed by atoms with Crippen molar-refractivity contribution in [1.82, 2.24) is 15.5 Å². The Morgan fingerprint density at radius 2 is 2.00 bits per heavy atom. The van der Waals surface area contributed by atoms with Gasteiger partial charge in [-0.15, -0.1) is 10.2 Å². The van der Waals surface area contributed by atoms with Gasteiger partial charge in [-0.3, -0.25) is 9.59 Å². The summed E-state index contributed by atoms with van der Waals surface area (Å²) in [4.78, 5) is 23.7. The highest BCUT2D eigenvalue weighted by atomic mass is 32.2. The van der Waals surface area contributed by atoms with Crippen molar-refractivity contribution in [1.29, 1.82) is 0 Å². The molecule has 1 heterocycles. The quantitative estimate of drug-likeness (QED) is 0.619. The fourth-order valence-corrected chi connectivity index (χ4v) is 3.41. The number of hydrogen-bond acceptors (Lipinski definition) is 7. The lowest BCUT2D eigenvalue weighted by molar-refractivity contribution is -0.122. The summed E-state index contributed by atoms with van der Waals surface area (Å²) in [6.07, 6.45) is 0.829. The first-order valence-electron chi connectivity index (χ1n) is 7.41. The standard InChI is InChI=1S/C15H19N5O2S2/c1-3-10-6-4-5-7-11(10)18-12(21)8-17-13(22)9-23-15-20-19-14(16-2)24-15/h4-7H,3,8-9H2,1-2H3,(H,16,19)(H,17,22)(H,18,21). The zero-order chi connectivity index (χ0) is 17.4. The number of hydrogen-bond donors (Lipinski definition) is 3. The van der Waals surface area contributed by atoms with Gasteiger partial charge in [-0.25, -0.2) is 0 Å². The van der Waals surface area contributed by atoms with E-state index in [4.69, 9.17) is 0 Å². The lowest BCUT2D eigenvalue weighted by atomic mass is 10.1. The van der Waals surface area contributed by atoms with Crippen molar-refractivity contribution in [3.8, 4) is 0 Å². The molecule has 0 atom stereocenters. The van der Waals surface area contributed by atoms with Crippen molar-refractivity contribution in [2.45, 2.75) is 17.7 Å². The maximum absolute atomic E-state index is 11.9. The molecule has 0 radical (unpaired) electrons. The number of carbonyl (C=O) groups excluding carboxylic acids is 2. The number of rotatable bonds is 8. The van der Waals surface area contributed by atoms with Crippen molar-refractivity contribution in [3.05, 3.63) is 29.8 Å². The number of nitrogens with one attached hydrogen (secondary N) is 3. The molecule has 3 N–H and O–H groups in total. The number of para-hydroxylation sites is 1. The predicted molar refractivity (Wildman–Crippen MR) is 97.6 cm³/mol. The van der Waals surface area contributed by atoms with Crippen LogP contribution in [0.1, 0.15) is 12.5 Å². The van der Waals surface area contributed by atoms with E-state index >= 15 is 0 Å². The molecule has 0 saturated heterocycles. The fourth-order valence-electron chi connectivity index (χ4n) is 1.87. The smallest absolute Gasteiger partial charge is 0.243 e. The normalized spacial score (nSPS) is 10.2. The minimum atomic E-state index is -0.248. The van der Waals surface area contributed by atoms with Gasteiger partial charge in [0, 0.05) is 12.7 Å². The van der Waals surface area contributed by atoms with Gasteiger partial charge in [0.25, 0.3) is 0 Å². The van der Waals surface area contributed by atoms with E-state index in [1.54, 1.807) is 7.05 Å². The molecule has 0 aliphatic heterocycles. The third-order valence-corrected chi connectivity index (χ3v) is 5.14. The molecule has 24 heavy (non-hydrogen) atoms. The van der Waals surface area contributed by atoms with Crippen LogP contribution >= 0.6 is 23.1 Å². The van der Waals surface area contributed by atoms with E-state index < -0.39 is 0 Å². The maximum Gasteiger partial charge on any atom is 0.243 e. The monoisotopic (exact) mass is 365 g/mol. The number of benzene rings is 1. The Balaban J connectivity index is 1.73. The Labute approximate surface area is 148 Å². The highest BCUT2D eigenvalue weighted by molar-refractivity contribution is 8.01. The maximum atomic E-state index is 11.9. The summed E-state index contributed by atoms with van der Waals surface area (Å²) in [5.74, 6) is -0.278. The molecule has 9 heteroatoms. The summed E-state index contributed by atoms with van der Waals surface area (Å²) in [5, 5.41) is 16.8. The Morgan fingerprint density at radius 3 is 2.71 bits per heavy atom. The second kappa shape index (κ2) is 9.24. The van der Waals surface area contributed by atoms with Crippen LogP contribution in [0.2, 0.25) is 0 Å². The Morgan fingerprint density at radius 1 is 1.21 bits per heavy atom. The van der Waals surface area contributed by atoms with Crippen LogP contribution in [0.5, 0.6) is 0 Å². The van der Waals surface area contributed by atoms with Crippen LogP contribution < -0.4 is 16.0 Å². The first-order valence-corrected chi connectivity index (χ1v) is 9.21. The molecule has 2 aromatic rings. The van der Waals surface area contributed by atoms with E-state index in [1.807, 2.05) is 31.2 Å². The van der Waals surface area contributed by atoms with Crippen LogP contribution in [-0.4, -0.2) is 41.4 Å². The second-order valence-electron chi connectivity index (χ2n) is 4.75. The van der Waals surface area contributed by atoms with E-state index in [9.17, 15) is 9.59 Å². The lowest BCUT2D eigenvalue weighted by Crippen LogP contribution is -2.34. The predicted octanol–water partition coefficient (Wildman–Crippen LogP) is 1.99. The SMILES string of the molecule is CCc1ccccc1NC(=O)CNC(=O)CSc1nnc(NC)s1. The Bertz CT molecular complexity index is 705. The number of aryl methyl sites for hydroxylation is 1. The number of thioether (sulfide) groups is 1. The summed E-state index contributed by atoms with van der Waals surface area (Å²) in [6.45, 7) is 1.96. The van der Waals surface area contributed by atoms with Crippen molar-refractivity contribution in [2.24, 2.45) is 0 Å². The van der Waals surface area contributed by atoms with E-state index in [0.29, 0.717) is 9.47 Å². The van der Waals surface area contributed by atoms with E-state index in [0.717, 1.165) is 17.7 Å². The first kappa shape index (κ1) is 18.2. The van der Waals surface area contributed by atoms with E-state index in [-0.39, 0.29) is 24.1 Å². The van der Waals surface area contributed by atoms with Gasteiger partial charge in [-0.1, -0.05) is 48.2 Å². The van der Waals surface area contributed by atoms with E-state index in [1.165, 1.54) is 23.1 Å². The molecule has 7 nitrogen and oxygen atoms in total. The molecular formula is C15H19N5O2S2. The zero-order valence-electron chi connectivity index (χ0n) is 13.5. The summed E-state index contributed by atoms with van der Waals surface area (Å²) >= 11 is 2.66. The molecule has 0 bridgehead atoms. The topological polar surface area (TPSA) is 96.0 Å². The number of carbonyl (C=O) groups is 2. The Kier molecular flexibility index (Phi) is 7.01. The van der Waals surface area contributed by atoms with E-state index in [2.05, 4.69) is 26.1 Å². The number of nitrogens with zero attached hydrogens (tertiary/aromatic N) is 2. The van der Waals surface area contributed by atoms with Gasteiger partial charge in [0.05, 0.1) is 12.3 Å². The molecule has 0 fully saturated rings. The Hall–Kier alpha value is -2.13. The molecule has 0 saturated carbocycles. The van der Waals surface area contributed by atoms with Crippen LogP contribution in [0.25, 0.3) is 0 Å². The van der Waals surface area contributed by atoms with Gasteiger partial charge >= 0.3 is 0 Å². The molecule has 1 aromatic carbocycles. The number of aromatic nitrogens is 2. The van der Waals surface area contributed by atoms with Gasteiger partial charge in [0.15, 0.2) is 4.34 Å². The van der Waals surface area contributed by atoms with Crippen LogP contribution in [-0.2, 0) is 16.0 Å². The van der Waals surface area contributed by atoms with Crippen molar-refractivity contribution in [3.63, 3.8) is 0 Å². The minimum absolute atomic E-state index is 0.0602. The molecule has 0 aliphatic rings. The second-order valence-corrected chi connectivity index (χ2v) is 6.95. The average Bonchev–Trinajstić information content (AvgIpc) is 3.06. The third-order valence-electron chi connectivity index (χ3n) is 3.07. The molecular weight excluding hydrogens is 346 g/mol. The largest absolute Gasteiger partial charge is 0.363 e. The average molecular weight is 365 g/mol. The van der Waals surface area contributed by atoms with Crippen LogP contribution in [0.3, 0.4) is 0 Å². The number of amides is 2. The van der Waals surface area contributed by atoms with Gasteiger partial charge in [-0.2, -0.15) is 0 Å². The molecule has 0 unspecified atom stereocenters. The first-order chi connectivity index (χ1) is 11.6. The van der Waals surface area contributed by atoms with Gasteiger partial charge < -0.3 is 16.0 Å². The summed E-state index contributed by atoms with van der Waals surface area (Å²) < 4.78 is 0.704. The van der Waals surface area contributed by atoms with Crippen LogP contribution in [0.15, 0.2) is 28.6 Å². The number of anilines is 2. The van der Waals surface area contributed by atoms with Gasteiger partial charge in [-0.05, 0) is 18.1 Å². The molecule has 2 rings (SSSR count). The molecule has 1 aromatic heterocycles.